The summed E-state index contributed by atoms with van der Waals surface area (Å²) in [7, 11) is 1.67. The first-order valence-electron chi connectivity index (χ1n) is 15.3. The molecule has 10 heteroatoms. The molecular weight excluding hydrogens is 632 g/mol. The molecule has 5 atom stereocenters. The van der Waals surface area contributed by atoms with E-state index < -0.39 is 5.79 Å². The molecule has 3 N–H and O–H groups in total. The summed E-state index contributed by atoms with van der Waals surface area (Å²) in [5, 5.41) is 5.42. The topological polar surface area (TPSA) is 109 Å². The highest BCUT2D eigenvalue weighted by Crippen LogP contribution is 2.72. The van der Waals surface area contributed by atoms with Crippen molar-refractivity contribution < 1.29 is 14.2 Å². The molecule has 3 fully saturated rings. The molecule has 4 heterocycles. The van der Waals surface area contributed by atoms with E-state index in [0.29, 0.717) is 18.3 Å². The number of hydrogen-bond donors (Lipinski definition) is 2. The summed E-state index contributed by atoms with van der Waals surface area (Å²) in [6, 6.07) is 18.8. The molecular formula is C35H35BrN6O3. The molecule has 0 bridgehead atoms. The fourth-order valence-electron chi connectivity index (χ4n) is 7.53. The van der Waals surface area contributed by atoms with Crippen molar-refractivity contribution in [1.82, 2.24) is 19.5 Å². The van der Waals surface area contributed by atoms with Gasteiger partial charge in [0.15, 0.2) is 5.79 Å². The number of nitrogens with one attached hydrogen (secondary N) is 1. The molecule has 8 rings (SSSR count). The van der Waals surface area contributed by atoms with Crippen LogP contribution < -0.4 is 15.8 Å². The van der Waals surface area contributed by atoms with Gasteiger partial charge in [-0.3, -0.25) is 0 Å². The van der Waals surface area contributed by atoms with Gasteiger partial charge in [0.25, 0.3) is 0 Å². The zero-order chi connectivity index (χ0) is 31.1. The lowest BCUT2D eigenvalue weighted by Gasteiger charge is -2.24. The van der Waals surface area contributed by atoms with Crippen LogP contribution in [0.2, 0.25) is 0 Å². The summed E-state index contributed by atoms with van der Waals surface area (Å²) in [5.41, 5.74) is 11.3. The maximum Gasteiger partial charge on any atom is 0.163 e. The fraction of sp³-hybridized carbons (Fsp3) is 0.343. The highest BCUT2D eigenvalue weighted by molar-refractivity contribution is 9.10. The Bertz CT molecular complexity index is 1990. The predicted molar refractivity (Wildman–Crippen MR) is 179 cm³/mol. The first-order chi connectivity index (χ1) is 21.7. The smallest absolute Gasteiger partial charge is 0.163 e. The average molecular weight is 668 g/mol. The van der Waals surface area contributed by atoms with Crippen LogP contribution in [0, 0.1) is 11.3 Å². The number of fused-ring (bicyclic) bond motifs is 5. The molecule has 2 aliphatic carbocycles. The Kier molecular flexibility index (Phi) is 6.50. The number of aromatic nitrogens is 4. The van der Waals surface area contributed by atoms with Crippen LogP contribution in [0.1, 0.15) is 44.4 Å². The summed E-state index contributed by atoms with van der Waals surface area (Å²) in [6.07, 6.45) is 6.91. The van der Waals surface area contributed by atoms with Crippen molar-refractivity contribution in [3.05, 3.63) is 88.8 Å². The third-order valence-electron chi connectivity index (χ3n) is 9.70. The van der Waals surface area contributed by atoms with Gasteiger partial charge in [0.2, 0.25) is 0 Å². The van der Waals surface area contributed by atoms with Gasteiger partial charge in [-0.25, -0.2) is 15.0 Å². The van der Waals surface area contributed by atoms with E-state index >= 15 is 0 Å². The molecule has 0 spiro atoms. The van der Waals surface area contributed by atoms with Crippen LogP contribution in [0.25, 0.3) is 27.5 Å². The van der Waals surface area contributed by atoms with Crippen LogP contribution in [0.3, 0.4) is 0 Å². The SMILES string of the molecule is COc1ccc(CNc2nc3cc(/C(C)=C/[C@@]45C[C@@H]4[C@@H](n4ccc6c(N)ncnc64)[C@@H]4OC(C)(C)O[C@@H]45)ccc3cc2Br)cc1. The van der Waals surface area contributed by atoms with E-state index in [-0.39, 0.29) is 23.7 Å². The third kappa shape index (κ3) is 4.69. The van der Waals surface area contributed by atoms with Crippen LogP contribution in [0.4, 0.5) is 11.6 Å². The Morgan fingerprint density at radius 1 is 1.13 bits per heavy atom. The molecule has 0 radical (unpaired) electrons. The van der Waals surface area contributed by atoms with Gasteiger partial charge >= 0.3 is 0 Å². The fourth-order valence-corrected chi connectivity index (χ4v) is 8.00. The lowest BCUT2D eigenvalue weighted by molar-refractivity contribution is -0.159. The Balaban J connectivity index is 1.10. The number of benzene rings is 2. The van der Waals surface area contributed by atoms with Gasteiger partial charge in [0.05, 0.1) is 34.6 Å². The van der Waals surface area contributed by atoms with Gasteiger partial charge in [-0.2, -0.15) is 0 Å². The molecule has 3 aromatic heterocycles. The first kappa shape index (κ1) is 28.5. The van der Waals surface area contributed by atoms with Crippen LogP contribution >= 0.6 is 15.9 Å². The molecule has 5 aromatic rings. The zero-order valence-corrected chi connectivity index (χ0v) is 27.2. The van der Waals surface area contributed by atoms with E-state index in [2.05, 4.69) is 91.4 Å². The Labute approximate surface area is 269 Å². The summed E-state index contributed by atoms with van der Waals surface area (Å²) in [6.45, 7) is 6.85. The van der Waals surface area contributed by atoms with Gasteiger partial charge in [-0.1, -0.05) is 30.3 Å². The second-order valence-corrected chi connectivity index (χ2v) is 13.8. The van der Waals surface area contributed by atoms with Crippen LogP contribution in [-0.4, -0.2) is 44.6 Å². The highest BCUT2D eigenvalue weighted by Gasteiger charge is 2.75. The number of rotatable bonds is 7. The largest absolute Gasteiger partial charge is 0.497 e. The van der Waals surface area contributed by atoms with E-state index in [1.807, 2.05) is 32.0 Å². The number of halogens is 1. The first-order valence-corrected chi connectivity index (χ1v) is 16.0. The number of methoxy groups -OCH3 is 1. The van der Waals surface area contributed by atoms with Crippen LogP contribution in [0.15, 0.2) is 77.7 Å². The van der Waals surface area contributed by atoms with E-state index in [4.69, 9.17) is 24.9 Å². The van der Waals surface area contributed by atoms with Crippen molar-refractivity contribution in [3.63, 3.8) is 0 Å². The Hall–Kier alpha value is -3.99. The van der Waals surface area contributed by atoms with E-state index in [1.54, 1.807) is 7.11 Å². The lowest BCUT2D eigenvalue weighted by Crippen LogP contribution is -2.31. The molecule has 230 valence electrons. The van der Waals surface area contributed by atoms with E-state index in [0.717, 1.165) is 55.5 Å². The quantitative estimate of drug-likeness (QED) is 0.189. The van der Waals surface area contributed by atoms with Crippen molar-refractivity contribution in [2.24, 2.45) is 11.3 Å². The average Bonchev–Trinajstić information content (AvgIpc) is 3.27. The molecule has 2 saturated carbocycles. The highest BCUT2D eigenvalue weighted by atomic mass is 79.9. The molecule has 1 saturated heterocycles. The maximum atomic E-state index is 6.64. The minimum absolute atomic E-state index is 0.0580. The monoisotopic (exact) mass is 666 g/mol. The number of nitrogens with zero attached hydrogens (tertiary/aromatic N) is 4. The molecule has 9 nitrogen and oxygen atoms in total. The van der Waals surface area contributed by atoms with Crippen LogP contribution in [-0.2, 0) is 16.0 Å². The molecule has 45 heavy (non-hydrogen) atoms. The van der Waals surface area contributed by atoms with Crippen LogP contribution in [0.5, 0.6) is 5.75 Å². The van der Waals surface area contributed by atoms with Crippen molar-refractivity contribution in [2.45, 2.75) is 57.8 Å². The molecule has 1 aliphatic heterocycles. The lowest BCUT2D eigenvalue weighted by atomic mass is 9.93. The number of nitrogen functional groups attached to an aromatic ring is 1. The summed E-state index contributed by atoms with van der Waals surface area (Å²) in [4.78, 5) is 13.8. The molecule has 3 aliphatic rings. The minimum Gasteiger partial charge on any atom is -0.497 e. The van der Waals surface area contributed by atoms with Gasteiger partial charge in [0.1, 0.15) is 35.5 Å². The van der Waals surface area contributed by atoms with Crippen molar-refractivity contribution >= 4 is 55.1 Å². The normalized spacial score (nSPS) is 26.6. The number of ether oxygens (including phenoxy) is 3. The van der Waals surface area contributed by atoms with Gasteiger partial charge < -0.3 is 29.8 Å². The number of anilines is 2. The zero-order valence-electron chi connectivity index (χ0n) is 25.6. The molecule has 0 amide bonds. The third-order valence-corrected chi connectivity index (χ3v) is 10.3. The number of pyridine rings is 1. The number of hydrogen-bond acceptors (Lipinski definition) is 8. The van der Waals surface area contributed by atoms with Gasteiger partial charge in [-0.05, 0) is 96.1 Å². The van der Waals surface area contributed by atoms with E-state index in [1.165, 1.54) is 11.9 Å². The summed E-state index contributed by atoms with van der Waals surface area (Å²) < 4.78 is 21.7. The van der Waals surface area contributed by atoms with Gasteiger partial charge in [-0.15, -0.1) is 0 Å². The second kappa shape index (κ2) is 10.3. The minimum atomic E-state index is -0.664. The summed E-state index contributed by atoms with van der Waals surface area (Å²) in [5.74, 6) is 1.83. The Morgan fingerprint density at radius 3 is 2.76 bits per heavy atom. The van der Waals surface area contributed by atoms with Crippen molar-refractivity contribution in [3.8, 4) is 5.75 Å². The van der Waals surface area contributed by atoms with Crippen molar-refractivity contribution in [2.75, 3.05) is 18.2 Å². The predicted octanol–water partition coefficient (Wildman–Crippen LogP) is 7.13. The van der Waals surface area contributed by atoms with Crippen molar-refractivity contribution in [1.29, 1.82) is 0 Å². The summed E-state index contributed by atoms with van der Waals surface area (Å²) >= 11 is 3.71. The van der Waals surface area contributed by atoms with E-state index in [9.17, 15) is 0 Å². The maximum absolute atomic E-state index is 6.64. The molecule has 2 aromatic carbocycles. The number of nitrogens with two attached hydrogens (primary N) is 1. The Morgan fingerprint density at radius 2 is 1.96 bits per heavy atom. The van der Waals surface area contributed by atoms with Gasteiger partial charge in [0, 0.05) is 23.5 Å². The number of allylic oxidation sites excluding steroid dienone is 1. The molecule has 0 unspecified atom stereocenters. The standard InChI is InChI=1S/C35H35BrN6O3/c1-19(21-7-8-22-13-26(36)32(41-27(22)14-21)38-17-20-5-9-23(43-4)10-6-20)15-35-16-25(35)28(29-30(35)45-34(2,3)44-29)42-12-11-24-31(37)39-18-40-33(24)42/h5-15,18,25,28-30H,16-17H2,1-4H3,(H,38,41)(H2,37,39,40)/b19-15+/t25-,28-,29+,30+,35-/m1/s1. The second-order valence-electron chi connectivity index (χ2n) is 12.9.